The van der Waals surface area contributed by atoms with Crippen LogP contribution >= 0.6 is 15.6 Å². The van der Waals surface area contributed by atoms with E-state index in [1.165, 1.54) is 0 Å². The van der Waals surface area contributed by atoms with E-state index < -0.39 is 97.5 Å². The molecule has 602 valence electrons. The molecule has 5 atom stereocenters. The van der Waals surface area contributed by atoms with Gasteiger partial charge in [-0.15, -0.1) is 0 Å². The fourth-order valence-electron chi connectivity index (χ4n) is 10.2. The minimum Gasteiger partial charge on any atom is -0.462 e. The highest BCUT2D eigenvalue weighted by molar-refractivity contribution is 7.47. The molecule has 0 rings (SSSR count). The minimum absolute atomic E-state index is 0.0311. The summed E-state index contributed by atoms with van der Waals surface area (Å²) >= 11 is 0. The highest BCUT2D eigenvalue weighted by Crippen LogP contribution is 2.45. The van der Waals surface area contributed by atoms with Crippen LogP contribution in [0.4, 0.5) is 0 Å². The fraction of sp³-hybridized carbons (Fsp3) is 0.632. The van der Waals surface area contributed by atoms with Gasteiger partial charge in [-0.1, -0.05) is 275 Å². The van der Waals surface area contributed by atoms with Gasteiger partial charge in [0.2, 0.25) is 0 Å². The van der Waals surface area contributed by atoms with Crippen molar-refractivity contribution in [3.8, 4) is 0 Å². The van der Waals surface area contributed by atoms with Crippen LogP contribution in [-0.4, -0.2) is 96.7 Å². The number of carbonyl (C=O) groups excluding carboxylic acids is 4. The summed E-state index contributed by atoms with van der Waals surface area (Å²) in [6.07, 6.45) is 91.8. The molecule has 5 unspecified atom stereocenters. The number of aliphatic hydroxyl groups is 1. The van der Waals surface area contributed by atoms with Crippen LogP contribution in [0.25, 0.3) is 0 Å². The van der Waals surface area contributed by atoms with Gasteiger partial charge in [0.25, 0.3) is 0 Å². The second kappa shape index (κ2) is 77.6. The van der Waals surface area contributed by atoms with Crippen molar-refractivity contribution >= 4 is 39.5 Å². The monoisotopic (exact) mass is 1520 g/mol. The fourth-order valence-corrected chi connectivity index (χ4v) is 11.8. The van der Waals surface area contributed by atoms with Gasteiger partial charge in [-0.2, -0.15) is 0 Å². The molecular weight excluding hydrogens is 1380 g/mol. The maximum Gasteiger partial charge on any atom is 0.472 e. The molecule has 0 aromatic carbocycles. The molecule has 17 nitrogen and oxygen atoms in total. The Balaban J connectivity index is 5.45. The average molecular weight is 1520 g/mol. The van der Waals surface area contributed by atoms with Gasteiger partial charge in [-0.3, -0.25) is 37.3 Å². The number of allylic oxidation sites excluding steroid dienone is 28. The van der Waals surface area contributed by atoms with Crippen molar-refractivity contribution in [2.45, 2.75) is 316 Å². The molecule has 0 spiro atoms. The van der Waals surface area contributed by atoms with E-state index in [9.17, 15) is 43.2 Å². The number of hydrogen-bond donors (Lipinski definition) is 3. The Kier molecular flexibility index (Phi) is 73.5. The lowest BCUT2D eigenvalue weighted by Gasteiger charge is -2.21. The standard InChI is InChI=1S/C87H142O17P2/c1-5-9-13-17-21-25-29-33-37-40-44-47-51-55-59-63-67-71-84(89)97-77-82(103-86(91)73-69-65-61-57-53-49-43-36-32-28-24-20-16-12-8-4)79-101-105(93,94)99-75-81(88)76-100-106(95,96)102-80-83(104-87(92)74-70-66-62-58-54-50-46-42-39-35-31-27-23-19-15-11-7-3)78-98-85(90)72-68-64-60-56-52-48-45-41-38-34-30-26-22-18-14-10-6-2/h9-16,21-28,33-39,43-44,47,53,57,81-83,88H,5-8,17-20,29-32,40-42,45-46,48-52,54-56,58-80H2,1-4H3,(H,93,94)(H,95,96)/b13-9-,14-10-,15-11-,16-12-,25-21-,26-22-,27-23-,28-24-,37-33-,38-34-,39-35-,43-36-,47-44-,57-53-. The number of phosphoric acid groups is 2. The van der Waals surface area contributed by atoms with Gasteiger partial charge in [0.15, 0.2) is 12.2 Å². The normalized spacial score (nSPS) is 14.7. The van der Waals surface area contributed by atoms with Crippen molar-refractivity contribution in [2.24, 2.45) is 0 Å². The van der Waals surface area contributed by atoms with Crippen molar-refractivity contribution in [1.82, 2.24) is 0 Å². The van der Waals surface area contributed by atoms with Crippen LogP contribution in [0.1, 0.15) is 297 Å². The van der Waals surface area contributed by atoms with Crippen LogP contribution in [0.2, 0.25) is 0 Å². The van der Waals surface area contributed by atoms with Gasteiger partial charge in [0.1, 0.15) is 19.3 Å². The molecule has 0 aliphatic carbocycles. The van der Waals surface area contributed by atoms with E-state index in [1.807, 2.05) is 0 Å². The van der Waals surface area contributed by atoms with Gasteiger partial charge >= 0.3 is 39.5 Å². The summed E-state index contributed by atoms with van der Waals surface area (Å²) in [4.78, 5) is 73.1. The number of rotatable bonds is 74. The molecule has 0 heterocycles. The average Bonchev–Trinajstić information content (AvgIpc) is 0.901. The first kappa shape index (κ1) is 100. The van der Waals surface area contributed by atoms with Gasteiger partial charge in [-0.05, 0) is 167 Å². The summed E-state index contributed by atoms with van der Waals surface area (Å²) in [5, 5.41) is 10.7. The molecule has 0 aliphatic rings. The molecule has 3 N–H and O–H groups in total. The summed E-state index contributed by atoms with van der Waals surface area (Å²) < 4.78 is 68.6. The molecule has 0 saturated carbocycles. The number of hydrogen-bond acceptors (Lipinski definition) is 15. The topological polar surface area (TPSA) is 237 Å². The number of aliphatic hydroxyl groups excluding tert-OH is 1. The highest BCUT2D eigenvalue weighted by Gasteiger charge is 2.30. The number of unbranched alkanes of at least 4 members (excludes halogenated alkanes) is 20. The zero-order chi connectivity index (χ0) is 77.4. The lowest BCUT2D eigenvalue weighted by molar-refractivity contribution is -0.161. The second-order valence-corrected chi connectivity index (χ2v) is 29.1. The van der Waals surface area contributed by atoms with Crippen LogP contribution in [0, 0.1) is 0 Å². The van der Waals surface area contributed by atoms with Crippen LogP contribution in [0.5, 0.6) is 0 Å². The summed E-state index contributed by atoms with van der Waals surface area (Å²) in [6, 6.07) is 0. The predicted molar refractivity (Wildman–Crippen MR) is 436 cm³/mol. The number of carbonyl (C=O) groups is 4. The zero-order valence-corrected chi connectivity index (χ0v) is 67.6. The third kappa shape index (κ3) is 76.6. The van der Waals surface area contributed by atoms with E-state index in [4.69, 9.17) is 37.0 Å². The quantitative estimate of drug-likeness (QED) is 0.0169. The number of phosphoric ester groups is 2. The van der Waals surface area contributed by atoms with Crippen LogP contribution in [0.3, 0.4) is 0 Å². The molecule has 0 fully saturated rings. The predicted octanol–water partition coefficient (Wildman–Crippen LogP) is 23.8. The highest BCUT2D eigenvalue weighted by atomic mass is 31.2. The summed E-state index contributed by atoms with van der Waals surface area (Å²) in [6.45, 7) is 4.33. The molecule has 0 amide bonds. The lowest BCUT2D eigenvalue weighted by Crippen LogP contribution is -2.30. The Morgan fingerprint density at radius 3 is 0.726 bits per heavy atom. The van der Waals surface area contributed by atoms with Gasteiger partial charge < -0.3 is 33.8 Å². The first-order valence-electron chi connectivity index (χ1n) is 40.4. The Morgan fingerprint density at radius 1 is 0.264 bits per heavy atom. The molecule has 0 radical (unpaired) electrons. The molecule has 0 aromatic rings. The van der Waals surface area contributed by atoms with Crippen molar-refractivity contribution in [2.75, 3.05) is 39.6 Å². The van der Waals surface area contributed by atoms with Gasteiger partial charge in [-0.25, -0.2) is 9.13 Å². The van der Waals surface area contributed by atoms with Crippen LogP contribution < -0.4 is 0 Å². The summed E-state index contributed by atoms with van der Waals surface area (Å²) in [5.74, 6) is -2.28. The van der Waals surface area contributed by atoms with E-state index in [-0.39, 0.29) is 25.7 Å². The Morgan fingerprint density at radius 2 is 0.462 bits per heavy atom. The van der Waals surface area contributed by atoms with Crippen molar-refractivity contribution < 1.29 is 80.2 Å². The van der Waals surface area contributed by atoms with E-state index in [0.29, 0.717) is 32.1 Å². The Labute approximate surface area is 642 Å². The maximum atomic E-state index is 13.1. The second-order valence-electron chi connectivity index (χ2n) is 26.2. The Hall–Kier alpha value is -5.58. The van der Waals surface area contributed by atoms with E-state index in [0.717, 1.165) is 212 Å². The first-order chi connectivity index (χ1) is 51.7. The van der Waals surface area contributed by atoms with E-state index in [2.05, 4.69) is 198 Å². The molecular formula is C87H142O17P2. The smallest absolute Gasteiger partial charge is 0.462 e. The van der Waals surface area contributed by atoms with Gasteiger partial charge in [0.05, 0.1) is 26.4 Å². The zero-order valence-electron chi connectivity index (χ0n) is 65.8. The van der Waals surface area contributed by atoms with Crippen molar-refractivity contribution in [1.29, 1.82) is 0 Å². The van der Waals surface area contributed by atoms with E-state index >= 15 is 0 Å². The third-order valence-corrected chi connectivity index (χ3v) is 18.1. The number of ether oxygens (including phenoxy) is 4. The van der Waals surface area contributed by atoms with E-state index in [1.54, 1.807) is 0 Å². The number of esters is 4. The molecule has 0 bridgehead atoms. The lowest BCUT2D eigenvalue weighted by atomic mass is 10.1. The van der Waals surface area contributed by atoms with Gasteiger partial charge in [0, 0.05) is 25.7 Å². The minimum atomic E-state index is -5.00. The van der Waals surface area contributed by atoms with Crippen molar-refractivity contribution in [3.63, 3.8) is 0 Å². The largest absolute Gasteiger partial charge is 0.472 e. The third-order valence-electron chi connectivity index (χ3n) is 16.2. The van der Waals surface area contributed by atoms with Crippen LogP contribution in [0.15, 0.2) is 170 Å². The maximum absolute atomic E-state index is 13.1. The molecule has 0 saturated heterocycles. The first-order valence-corrected chi connectivity index (χ1v) is 43.4. The van der Waals surface area contributed by atoms with Crippen LogP contribution in [-0.2, 0) is 65.4 Å². The Bertz CT molecular complexity index is 2680. The summed E-state index contributed by atoms with van der Waals surface area (Å²) in [5.41, 5.74) is 0. The molecule has 19 heteroatoms. The molecule has 0 aliphatic heterocycles. The molecule has 0 aromatic heterocycles. The summed E-state index contributed by atoms with van der Waals surface area (Å²) in [7, 11) is -10.0. The van der Waals surface area contributed by atoms with Crippen molar-refractivity contribution in [3.05, 3.63) is 170 Å². The molecule has 106 heavy (non-hydrogen) atoms. The SMILES string of the molecule is CC/C=C\C/C=C\C/C=C\C/C=C\CCCCCCC(=O)OCC(COP(=O)(O)OCC(O)COP(=O)(O)OCC(COC(=O)CCCCCCCCC/C=C\C/C=C\C/C=C\CC)OC(=O)CCCCCCCCC/C=C\C/C=C\C/C=C\CC)OC(=O)CCCC/C=C\C/C=C\C/C=C\C/C=C\CC.